The molecule has 5 heteroatoms. The molecule has 0 fully saturated rings. The third-order valence-electron chi connectivity index (χ3n) is 3.95. The van der Waals surface area contributed by atoms with Crippen LogP contribution in [0, 0.1) is 6.92 Å². The Morgan fingerprint density at radius 2 is 1.96 bits per heavy atom. The number of benzene rings is 2. The smallest absolute Gasteiger partial charge is 0.345 e. The zero-order valence-electron chi connectivity index (χ0n) is 14.3. The molecule has 0 aliphatic rings. The molecule has 130 valence electrons. The molecule has 5 nitrogen and oxygen atoms in total. The lowest BCUT2D eigenvalue weighted by atomic mass is 10.1. The predicted molar refractivity (Wildman–Crippen MR) is 95.9 cm³/mol. The topological polar surface area (TPSA) is 74.7 Å². The van der Waals surface area contributed by atoms with Gasteiger partial charge in [-0.05, 0) is 37.1 Å². The van der Waals surface area contributed by atoms with Gasteiger partial charge in [0.1, 0.15) is 23.7 Å². The quantitative estimate of drug-likeness (QED) is 0.696. The van der Waals surface area contributed by atoms with E-state index in [1.807, 2.05) is 49.4 Å². The number of hydrogen-bond donors (Lipinski definition) is 1. The van der Waals surface area contributed by atoms with E-state index < -0.39 is 5.97 Å². The highest BCUT2D eigenvalue weighted by Crippen LogP contribution is 2.31. The highest BCUT2D eigenvalue weighted by Gasteiger charge is 2.21. The fraction of sp³-hybridized carbons (Fsp3) is 0.250. The lowest BCUT2D eigenvalue weighted by molar-refractivity contribution is 0.0596. The van der Waals surface area contributed by atoms with Gasteiger partial charge in [0.05, 0.1) is 7.11 Å². The van der Waals surface area contributed by atoms with Crippen molar-refractivity contribution >= 4 is 16.9 Å². The van der Waals surface area contributed by atoms with E-state index in [1.165, 1.54) is 7.11 Å². The Morgan fingerprint density at radius 1 is 1.20 bits per heavy atom. The van der Waals surface area contributed by atoms with E-state index in [-0.39, 0.29) is 12.6 Å². The number of rotatable bonds is 6. The summed E-state index contributed by atoms with van der Waals surface area (Å²) in [5, 5.41) is 0.832. The number of nitrogens with two attached hydrogens (primary N) is 1. The van der Waals surface area contributed by atoms with Crippen molar-refractivity contribution in [3.63, 3.8) is 0 Å². The summed E-state index contributed by atoms with van der Waals surface area (Å²) in [4.78, 5) is 12.2. The standard InChI is InChI=1S/C20H21NO4/c1-13-10-15-8-9-17(18(19(15)25-13)20(22)23-2)24-12-16(21)11-14-6-4-3-5-7-14/h3-10,16H,11-12,21H2,1-2H3/t16-/m1/s1. The van der Waals surface area contributed by atoms with E-state index in [9.17, 15) is 4.79 Å². The molecule has 0 bridgehead atoms. The molecule has 3 aromatic rings. The fourth-order valence-electron chi connectivity index (χ4n) is 2.80. The van der Waals surface area contributed by atoms with Gasteiger partial charge < -0.3 is 19.6 Å². The van der Waals surface area contributed by atoms with Gasteiger partial charge in [-0.25, -0.2) is 4.79 Å². The number of esters is 1. The van der Waals surface area contributed by atoms with Crippen LogP contribution in [0.5, 0.6) is 5.75 Å². The average molecular weight is 339 g/mol. The molecule has 25 heavy (non-hydrogen) atoms. The average Bonchev–Trinajstić information content (AvgIpc) is 2.99. The Labute approximate surface area is 146 Å². The minimum atomic E-state index is -0.494. The van der Waals surface area contributed by atoms with Crippen molar-refractivity contribution in [1.82, 2.24) is 0 Å². The number of hydrogen-bond acceptors (Lipinski definition) is 5. The molecule has 0 spiro atoms. The van der Waals surface area contributed by atoms with Gasteiger partial charge in [0, 0.05) is 11.4 Å². The van der Waals surface area contributed by atoms with Crippen molar-refractivity contribution in [2.45, 2.75) is 19.4 Å². The summed E-state index contributed by atoms with van der Waals surface area (Å²) < 4.78 is 16.4. The van der Waals surface area contributed by atoms with E-state index in [0.29, 0.717) is 23.3 Å². The highest BCUT2D eigenvalue weighted by molar-refractivity contribution is 6.04. The third-order valence-corrected chi connectivity index (χ3v) is 3.95. The lowest BCUT2D eigenvalue weighted by Crippen LogP contribution is -2.30. The van der Waals surface area contributed by atoms with E-state index in [1.54, 1.807) is 6.07 Å². The molecule has 2 N–H and O–H groups in total. The monoisotopic (exact) mass is 339 g/mol. The zero-order chi connectivity index (χ0) is 17.8. The molecule has 0 unspecified atom stereocenters. The van der Waals surface area contributed by atoms with Gasteiger partial charge >= 0.3 is 5.97 Å². The van der Waals surface area contributed by atoms with E-state index in [0.717, 1.165) is 16.7 Å². The van der Waals surface area contributed by atoms with Gasteiger partial charge in [-0.3, -0.25) is 0 Å². The van der Waals surface area contributed by atoms with Crippen LogP contribution in [0.2, 0.25) is 0 Å². The maximum atomic E-state index is 12.2. The van der Waals surface area contributed by atoms with Gasteiger partial charge in [0.2, 0.25) is 0 Å². The van der Waals surface area contributed by atoms with Crippen LogP contribution in [0.25, 0.3) is 11.0 Å². The Bertz CT molecular complexity index is 870. The first kappa shape index (κ1) is 17.0. The second-order valence-corrected chi connectivity index (χ2v) is 5.97. The van der Waals surface area contributed by atoms with Crippen molar-refractivity contribution in [3.05, 3.63) is 65.4 Å². The molecular formula is C20H21NO4. The maximum Gasteiger partial charge on any atom is 0.345 e. The maximum absolute atomic E-state index is 12.2. The van der Waals surface area contributed by atoms with E-state index in [2.05, 4.69) is 0 Å². The minimum absolute atomic E-state index is 0.193. The Hall–Kier alpha value is -2.79. The van der Waals surface area contributed by atoms with Gasteiger partial charge in [0.25, 0.3) is 0 Å². The first-order valence-corrected chi connectivity index (χ1v) is 8.12. The number of furan rings is 1. The van der Waals surface area contributed by atoms with Crippen molar-refractivity contribution < 1.29 is 18.7 Å². The fourth-order valence-corrected chi connectivity index (χ4v) is 2.80. The summed E-state index contributed by atoms with van der Waals surface area (Å²) in [7, 11) is 1.34. The number of fused-ring (bicyclic) bond motifs is 1. The third kappa shape index (κ3) is 3.83. The van der Waals surface area contributed by atoms with Crippen molar-refractivity contribution in [1.29, 1.82) is 0 Å². The zero-order valence-corrected chi connectivity index (χ0v) is 14.3. The molecule has 0 aliphatic heterocycles. The molecule has 0 saturated carbocycles. The second kappa shape index (κ2) is 7.40. The molecule has 1 aromatic heterocycles. The molecule has 2 aromatic carbocycles. The van der Waals surface area contributed by atoms with Gasteiger partial charge in [-0.1, -0.05) is 30.3 Å². The van der Waals surface area contributed by atoms with Crippen LogP contribution in [0.15, 0.2) is 52.9 Å². The van der Waals surface area contributed by atoms with Gasteiger partial charge in [-0.2, -0.15) is 0 Å². The van der Waals surface area contributed by atoms with Gasteiger partial charge in [-0.15, -0.1) is 0 Å². The number of aryl methyl sites for hydroxylation is 1. The SMILES string of the molecule is COC(=O)c1c(OC[C@H](N)Cc2ccccc2)ccc2cc(C)oc12. The van der Waals surface area contributed by atoms with Crippen LogP contribution in [0.1, 0.15) is 21.7 Å². The van der Waals surface area contributed by atoms with Crippen LogP contribution in [-0.4, -0.2) is 25.7 Å². The largest absolute Gasteiger partial charge is 0.491 e. The van der Waals surface area contributed by atoms with E-state index in [4.69, 9.17) is 19.6 Å². The molecule has 1 heterocycles. The molecule has 3 rings (SSSR count). The van der Waals surface area contributed by atoms with Crippen molar-refractivity contribution in [2.24, 2.45) is 5.73 Å². The van der Waals surface area contributed by atoms with Crippen LogP contribution in [0.3, 0.4) is 0 Å². The Balaban J connectivity index is 1.79. The second-order valence-electron chi connectivity index (χ2n) is 5.97. The van der Waals surface area contributed by atoms with Crippen LogP contribution >= 0.6 is 0 Å². The van der Waals surface area contributed by atoms with Crippen LogP contribution in [0.4, 0.5) is 0 Å². The van der Waals surface area contributed by atoms with Crippen molar-refractivity contribution in [3.8, 4) is 5.75 Å². The molecule has 1 atom stereocenters. The Morgan fingerprint density at radius 3 is 2.68 bits per heavy atom. The number of carbonyl (C=O) groups excluding carboxylic acids is 1. The summed E-state index contributed by atoms with van der Waals surface area (Å²) in [5.41, 5.74) is 8.07. The highest BCUT2D eigenvalue weighted by atomic mass is 16.5. The van der Waals surface area contributed by atoms with Crippen LogP contribution < -0.4 is 10.5 Å². The Kier molecular flexibility index (Phi) is 5.05. The summed E-state index contributed by atoms with van der Waals surface area (Å²) in [6.45, 7) is 2.11. The lowest BCUT2D eigenvalue weighted by Gasteiger charge is -2.15. The van der Waals surface area contributed by atoms with Crippen LogP contribution in [-0.2, 0) is 11.2 Å². The number of methoxy groups -OCH3 is 1. The molecule has 0 radical (unpaired) electrons. The number of carbonyl (C=O) groups is 1. The normalized spacial score (nSPS) is 12.1. The number of ether oxygens (including phenoxy) is 2. The first-order valence-electron chi connectivity index (χ1n) is 8.12. The van der Waals surface area contributed by atoms with Crippen molar-refractivity contribution in [2.75, 3.05) is 13.7 Å². The van der Waals surface area contributed by atoms with Gasteiger partial charge in [0.15, 0.2) is 5.58 Å². The summed E-state index contributed by atoms with van der Waals surface area (Å²) in [6, 6.07) is 15.3. The summed E-state index contributed by atoms with van der Waals surface area (Å²) in [5.74, 6) is 0.641. The summed E-state index contributed by atoms with van der Waals surface area (Å²) in [6.07, 6.45) is 0.691. The first-order chi connectivity index (χ1) is 12.1. The van der Waals surface area contributed by atoms with E-state index >= 15 is 0 Å². The molecular weight excluding hydrogens is 318 g/mol. The minimum Gasteiger partial charge on any atom is -0.491 e. The molecule has 0 saturated heterocycles. The summed E-state index contributed by atoms with van der Waals surface area (Å²) >= 11 is 0. The molecule has 0 amide bonds. The predicted octanol–water partition coefficient (Wildman–Crippen LogP) is 3.48. The molecule has 0 aliphatic carbocycles.